The molecule has 0 aliphatic rings. The van der Waals surface area contributed by atoms with E-state index in [0.29, 0.717) is 0 Å². The number of para-hydroxylation sites is 1. The van der Waals surface area contributed by atoms with Gasteiger partial charge in [0.1, 0.15) is 5.58 Å². The number of hydrogen-bond acceptors (Lipinski definition) is 1. The number of fused-ring (bicyclic) bond motifs is 1. The van der Waals surface area contributed by atoms with Crippen molar-refractivity contribution in [2.24, 2.45) is 0 Å². The summed E-state index contributed by atoms with van der Waals surface area (Å²) in [4.78, 5) is 0. The van der Waals surface area contributed by atoms with Gasteiger partial charge in [0.2, 0.25) is 0 Å². The molecular weight excluding hydrogens is 160 g/mol. The van der Waals surface area contributed by atoms with Crippen molar-refractivity contribution in [1.82, 2.24) is 0 Å². The molecule has 1 heterocycles. The number of furan rings is 1. The highest BCUT2D eigenvalue weighted by atomic mass is 16.3. The van der Waals surface area contributed by atoms with Gasteiger partial charge in [-0.05, 0) is 18.6 Å². The molecule has 1 aromatic carbocycles. The molecule has 70 valence electrons. The summed E-state index contributed by atoms with van der Waals surface area (Å²) in [5.74, 6) is 0. The Morgan fingerprint density at radius 1 is 1.15 bits per heavy atom. The lowest BCUT2D eigenvalue weighted by Crippen LogP contribution is -1.63. The maximum absolute atomic E-state index is 5.25. The summed E-state index contributed by atoms with van der Waals surface area (Å²) in [6, 6.07) is 8.03. The van der Waals surface area contributed by atoms with E-state index in [9.17, 15) is 0 Å². The summed E-state index contributed by atoms with van der Waals surface area (Å²) in [6.07, 6.45) is 3.03. The molecule has 0 unspecified atom stereocenters. The zero-order valence-electron chi connectivity index (χ0n) is 8.50. The minimum Gasteiger partial charge on any atom is -0.464 e. The van der Waals surface area contributed by atoms with Gasteiger partial charge in [0.25, 0.3) is 0 Å². The van der Waals surface area contributed by atoms with Gasteiger partial charge < -0.3 is 4.42 Å². The smallest absolute Gasteiger partial charge is 0.134 e. The van der Waals surface area contributed by atoms with Gasteiger partial charge in [-0.3, -0.25) is 0 Å². The first-order valence-electron chi connectivity index (χ1n) is 4.72. The van der Waals surface area contributed by atoms with Gasteiger partial charge in [0.15, 0.2) is 0 Å². The van der Waals surface area contributed by atoms with E-state index >= 15 is 0 Å². The quantitative estimate of drug-likeness (QED) is 0.587. The van der Waals surface area contributed by atoms with Gasteiger partial charge >= 0.3 is 0 Å². The molecule has 0 N–H and O–H groups in total. The predicted molar refractivity (Wildman–Crippen MR) is 56.9 cm³/mol. The lowest BCUT2D eigenvalue weighted by atomic mass is 10.2. The largest absolute Gasteiger partial charge is 0.464 e. The topological polar surface area (TPSA) is 13.1 Å². The van der Waals surface area contributed by atoms with Crippen molar-refractivity contribution in [2.45, 2.75) is 27.2 Å². The van der Waals surface area contributed by atoms with Crippen molar-refractivity contribution >= 4 is 11.0 Å². The minimum atomic E-state index is 0.972. The highest BCUT2D eigenvalue weighted by molar-refractivity contribution is 5.80. The molecule has 1 heteroatoms. The molecule has 0 aliphatic heterocycles. The summed E-state index contributed by atoms with van der Waals surface area (Å²) >= 11 is 0. The Hall–Kier alpha value is -1.24. The van der Waals surface area contributed by atoms with E-state index in [2.05, 4.69) is 19.9 Å². The molecule has 0 radical (unpaired) electrons. The number of rotatable bonds is 0. The fourth-order valence-electron chi connectivity index (χ4n) is 1.11. The van der Waals surface area contributed by atoms with Gasteiger partial charge in [-0.25, -0.2) is 0 Å². The fraction of sp³-hybridized carbons (Fsp3) is 0.333. The van der Waals surface area contributed by atoms with Gasteiger partial charge in [0, 0.05) is 5.39 Å². The normalized spacial score (nSPS) is 9.46. The summed E-state index contributed by atoms with van der Waals surface area (Å²) in [5, 5.41) is 1.21. The Kier molecular flexibility index (Phi) is 3.56. The maximum atomic E-state index is 5.25. The van der Waals surface area contributed by atoms with Crippen LogP contribution in [0.2, 0.25) is 0 Å². The predicted octanol–water partition coefficient (Wildman–Crippen LogP) is 4.16. The Balaban J connectivity index is 0.000000251. The third-order valence-corrected chi connectivity index (χ3v) is 1.67. The second kappa shape index (κ2) is 4.70. The van der Waals surface area contributed by atoms with E-state index in [0.717, 1.165) is 5.58 Å². The van der Waals surface area contributed by atoms with E-state index in [-0.39, 0.29) is 0 Å². The summed E-state index contributed by atoms with van der Waals surface area (Å²) < 4.78 is 5.25. The first-order chi connectivity index (χ1) is 6.29. The van der Waals surface area contributed by atoms with E-state index in [1.54, 1.807) is 6.26 Å². The zero-order valence-corrected chi connectivity index (χ0v) is 8.50. The van der Waals surface area contributed by atoms with Crippen LogP contribution in [0.3, 0.4) is 0 Å². The molecule has 1 nitrogen and oxygen atoms in total. The summed E-state index contributed by atoms with van der Waals surface area (Å²) in [7, 11) is 0. The molecule has 0 saturated heterocycles. The number of benzene rings is 1. The molecule has 2 rings (SSSR count). The van der Waals surface area contributed by atoms with Crippen molar-refractivity contribution in [3.8, 4) is 0 Å². The zero-order chi connectivity index (χ0) is 9.68. The minimum absolute atomic E-state index is 0.972. The average molecular weight is 176 g/mol. The van der Waals surface area contributed by atoms with Crippen LogP contribution in [0, 0.1) is 6.92 Å². The standard InChI is InChI=1S/C9H8O.C3H8/c1-7-6-10-9-5-3-2-4-8(7)9;1-3-2/h2-6H,1H3;3H2,1-2H3. The van der Waals surface area contributed by atoms with E-state index in [1.165, 1.54) is 17.4 Å². The molecule has 0 atom stereocenters. The molecule has 13 heavy (non-hydrogen) atoms. The second-order valence-corrected chi connectivity index (χ2v) is 3.12. The summed E-state index contributed by atoms with van der Waals surface area (Å²) in [5.41, 5.74) is 2.18. The molecule has 0 saturated carbocycles. The van der Waals surface area contributed by atoms with Crippen molar-refractivity contribution in [3.63, 3.8) is 0 Å². The van der Waals surface area contributed by atoms with Gasteiger partial charge in [-0.1, -0.05) is 38.5 Å². The van der Waals surface area contributed by atoms with Crippen LogP contribution in [0.1, 0.15) is 25.8 Å². The second-order valence-electron chi connectivity index (χ2n) is 3.12. The Labute approximate surface area is 79.4 Å². The molecule has 0 spiro atoms. The monoisotopic (exact) mass is 176 g/mol. The van der Waals surface area contributed by atoms with Crippen molar-refractivity contribution in [1.29, 1.82) is 0 Å². The number of hydrogen-bond donors (Lipinski definition) is 0. The van der Waals surface area contributed by atoms with E-state index in [4.69, 9.17) is 4.42 Å². The molecule has 2 aromatic rings. The van der Waals surface area contributed by atoms with Gasteiger partial charge in [-0.15, -0.1) is 0 Å². The van der Waals surface area contributed by atoms with E-state index in [1.807, 2.05) is 25.1 Å². The van der Waals surface area contributed by atoms with Crippen molar-refractivity contribution < 1.29 is 4.42 Å². The Morgan fingerprint density at radius 2 is 1.77 bits per heavy atom. The third kappa shape index (κ3) is 2.35. The van der Waals surface area contributed by atoms with Crippen molar-refractivity contribution in [2.75, 3.05) is 0 Å². The lowest BCUT2D eigenvalue weighted by Gasteiger charge is -1.84. The van der Waals surface area contributed by atoms with Gasteiger partial charge in [0.05, 0.1) is 6.26 Å². The van der Waals surface area contributed by atoms with Crippen LogP contribution < -0.4 is 0 Å². The van der Waals surface area contributed by atoms with Crippen LogP contribution in [0.15, 0.2) is 34.9 Å². The highest BCUT2D eigenvalue weighted by Gasteiger charge is 1.97. The van der Waals surface area contributed by atoms with Crippen LogP contribution in [-0.2, 0) is 0 Å². The average Bonchev–Trinajstić information content (AvgIpc) is 2.50. The first-order valence-corrected chi connectivity index (χ1v) is 4.72. The first kappa shape index (κ1) is 9.85. The molecule has 1 aromatic heterocycles. The van der Waals surface area contributed by atoms with Crippen LogP contribution in [0.4, 0.5) is 0 Å². The van der Waals surface area contributed by atoms with Crippen LogP contribution in [0.25, 0.3) is 11.0 Å². The van der Waals surface area contributed by atoms with Crippen LogP contribution in [-0.4, -0.2) is 0 Å². The molecule has 0 aliphatic carbocycles. The van der Waals surface area contributed by atoms with Crippen molar-refractivity contribution in [3.05, 3.63) is 36.1 Å². The maximum Gasteiger partial charge on any atom is 0.134 e. The SMILES string of the molecule is CCC.Cc1coc2ccccc12. The Morgan fingerprint density at radius 3 is 2.38 bits per heavy atom. The van der Waals surface area contributed by atoms with E-state index < -0.39 is 0 Å². The third-order valence-electron chi connectivity index (χ3n) is 1.67. The molecular formula is C12H16O. The number of aryl methyl sites for hydroxylation is 1. The lowest BCUT2D eigenvalue weighted by molar-refractivity contribution is 0.613. The van der Waals surface area contributed by atoms with Gasteiger partial charge in [-0.2, -0.15) is 0 Å². The molecule has 0 bridgehead atoms. The molecule has 0 fully saturated rings. The fourth-order valence-corrected chi connectivity index (χ4v) is 1.11. The molecule has 0 amide bonds. The van der Waals surface area contributed by atoms with Crippen LogP contribution in [0.5, 0.6) is 0 Å². The highest BCUT2D eigenvalue weighted by Crippen LogP contribution is 2.18. The van der Waals surface area contributed by atoms with Crippen LogP contribution >= 0.6 is 0 Å². The Bertz CT molecular complexity index is 360. The summed E-state index contributed by atoms with van der Waals surface area (Å²) in [6.45, 7) is 6.30.